The maximum absolute atomic E-state index is 11.7. The molecule has 0 radical (unpaired) electrons. The predicted molar refractivity (Wildman–Crippen MR) is 66.4 cm³/mol. The highest BCUT2D eigenvalue weighted by Gasteiger charge is 2.13. The monoisotopic (exact) mass is 288 g/mol. The summed E-state index contributed by atoms with van der Waals surface area (Å²) in [7, 11) is 5.81. The van der Waals surface area contributed by atoms with Gasteiger partial charge in [0.05, 0.1) is 4.47 Å². The van der Waals surface area contributed by atoms with Crippen molar-refractivity contribution in [1.29, 1.82) is 0 Å². The van der Waals surface area contributed by atoms with Crippen molar-refractivity contribution in [1.82, 2.24) is 20.0 Å². The zero-order chi connectivity index (χ0) is 12.1. The zero-order valence-corrected chi connectivity index (χ0v) is 11.4. The number of aryl methyl sites for hydroxylation is 1. The van der Waals surface area contributed by atoms with Gasteiger partial charge in [0.2, 0.25) is 0 Å². The quantitative estimate of drug-likeness (QED) is 0.818. The van der Waals surface area contributed by atoms with Crippen LogP contribution in [0.1, 0.15) is 16.9 Å². The maximum Gasteiger partial charge on any atom is 0.272 e. The minimum absolute atomic E-state index is 0.133. The third kappa shape index (κ3) is 3.94. The lowest BCUT2D eigenvalue weighted by atomic mass is 10.3. The summed E-state index contributed by atoms with van der Waals surface area (Å²) in [4.78, 5) is 13.8. The van der Waals surface area contributed by atoms with Crippen molar-refractivity contribution in [2.24, 2.45) is 7.05 Å². The molecule has 1 heterocycles. The molecule has 0 atom stereocenters. The van der Waals surface area contributed by atoms with Gasteiger partial charge in [-0.15, -0.1) is 0 Å². The van der Waals surface area contributed by atoms with Crippen molar-refractivity contribution in [3.63, 3.8) is 0 Å². The molecule has 0 aliphatic carbocycles. The first kappa shape index (κ1) is 13.2. The second-order valence-electron chi connectivity index (χ2n) is 3.91. The molecular formula is C10H17BrN4O. The minimum atomic E-state index is -0.133. The van der Waals surface area contributed by atoms with E-state index in [1.807, 2.05) is 14.1 Å². The predicted octanol–water partition coefficient (Wildman–Crippen LogP) is 0.864. The fourth-order valence-corrected chi connectivity index (χ4v) is 1.85. The van der Waals surface area contributed by atoms with E-state index in [9.17, 15) is 4.79 Å². The summed E-state index contributed by atoms with van der Waals surface area (Å²) >= 11 is 3.30. The number of nitrogens with zero attached hydrogens (tertiary/aromatic N) is 3. The van der Waals surface area contributed by atoms with Crippen molar-refractivity contribution in [2.45, 2.75) is 6.42 Å². The van der Waals surface area contributed by atoms with Gasteiger partial charge in [0.15, 0.2) is 5.69 Å². The molecule has 1 aromatic heterocycles. The number of halogens is 1. The lowest BCUT2D eigenvalue weighted by molar-refractivity contribution is 0.0946. The van der Waals surface area contributed by atoms with E-state index in [0.29, 0.717) is 12.2 Å². The topological polar surface area (TPSA) is 50.2 Å². The second-order valence-corrected chi connectivity index (χ2v) is 4.77. The van der Waals surface area contributed by atoms with Crippen LogP contribution in [-0.4, -0.2) is 47.8 Å². The first-order valence-electron chi connectivity index (χ1n) is 5.13. The van der Waals surface area contributed by atoms with Crippen LogP contribution in [0.3, 0.4) is 0 Å². The molecule has 0 unspecified atom stereocenters. The molecule has 0 saturated heterocycles. The molecule has 0 aliphatic heterocycles. The van der Waals surface area contributed by atoms with Crippen LogP contribution in [0.25, 0.3) is 0 Å². The van der Waals surface area contributed by atoms with E-state index < -0.39 is 0 Å². The molecule has 6 heteroatoms. The summed E-state index contributed by atoms with van der Waals surface area (Å²) in [5.41, 5.74) is 0.437. The fraction of sp³-hybridized carbons (Fsp3) is 0.600. The zero-order valence-electron chi connectivity index (χ0n) is 9.83. The molecule has 90 valence electrons. The summed E-state index contributed by atoms with van der Waals surface area (Å²) < 4.78 is 2.33. The number of hydrogen-bond donors (Lipinski definition) is 1. The standard InChI is InChI=1S/C10H17BrN4O/c1-14(2)6-4-5-12-10(16)9-8(11)7-15(3)13-9/h7H,4-6H2,1-3H3,(H,12,16). The van der Waals surface area contributed by atoms with Gasteiger partial charge in [-0.3, -0.25) is 9.48 Å². The van der Waals surface area contributed by atoms with Gasteiger partial charge in [0.25, 0.3) is 5.91 Å². The number of amides is 1. The Balaban J connectivity index is 2.38. The highest BCUT2D eigenvalue weighted by Crippen LogP contribution is 2.13. The number of carbonyl (C=O) groups is 1. The van der Waals surface area contributed by atoms with Gasteiger partial charge < -0.3 is 10.2 Å². The largest absolute Gasteiger partial charge is 0.351 e. The number of hydrogen-bond acceptors (Lipinski definition) is 3. The highest BCUT2D eigenvalue weighted by atomic mass is 79.9. The highest BCUT2D eigenvalue weighted by molar-refractivity contribution is 9.10. The van der Waals surface area contributed by atoms with E-state index in [-0.39, 0.29) is 5.91 Å². The first-order chi connectivity index (χ1) is 7.50. The Hall–Kier alpha value is -0.880. The van der Waals surface area contributed by atoms with Gasteiger partial charge in [0.1, 0.15) is 0 Å². The lowest BCUT2D eigenvalue weighted by Crippen LogP contribution is -2.27. The molecule has 5 nitrogen and oxygen atoms in total. The Morgan fingerprint density at radius 3 is 2.81 bits per heavy atom. The summed E-state index contributed by atoms with van der Waals surface area (Å²) in [6.45, 7) is 1.63. The van der Waals surface area contributed by atoms with E-state index >= 15 is 0 Å². The molecule has 1 aromatic rings. The van der Waals surface area contributed by atoms with Crippen LogP contribution >= 0.6 is 15.9 Å². The molecular weight excluding hydrogens is 272 g/mol. The molecule has 16 heavy (non-hydrogen) atoms. The van der Waals surface area contributed by atoms with Gasteiger partial charge in [-0.25, -0.2) is 0 Å². The Kier molecular flexibility index (Phi) is 4.95. The van der Waals surface area contributed by atoms with Crippen LogP contribution in [0.4, 0.5) is 0 Å². The molecule has 0 aliphatic rings. The molecule has 0 bridgehead atoms. The first-order valence-corrected chi connectivity index (χ1v) is 5.92. The van der Waals surface area contributed by atoms with Crippen LogP contribution < -0.4 is 5.32 Å². The smallest absolute Gasteiger partial charge is 0.272 e. The SMILES string of the molecule is CN(C)CCCNC(=O)c1nn(C)cc1Br. The number of aromatic nitrogens is 2. The van der Waals surface area contributed by atoms with Crippen LogP contribution in [0.2, 0.25) is 0 Å². The van der Waals surface area contributed by atoms with Gasteiger partial charge >= 0.3 is 0 Å². The Bertz CT molecular complexity index is 362. The van der Waals surface area contributed by atoms with Crippen LogP contribution in [0.5, 0.6) is 0 Å². The average Bonchev–Trinajstić information content (AvgIpc) is 2.52. The van der Waals surface area contributed by atoms with E-state index in [1.54, 1.807) is 17.9 Å². The van der Waals surface area contributed by atoms with Crippen LogP contribution in [0.15, 0.2) is 10.7 Å². The molecule has 0 fully saturated rings. The average molecular weight is 289 g/mol. The summed E-state index contributed by atoms with van der Waals surface area (Å²) in [6.07, 6.45) is 2.69. The summed E-state index contributed by atoms with van der Waals surface area (Å²) in [6, 6.07) is 0. The molecule has 1 rings (SSSR count). The van der Waals surface area contributed by atoms with Crippen LogP contribution in [0, 0.1) is 0 Å². The summed E-state index contributed by atoms with van der Waals surface area (Å²) in [5, 5.41) is 6.91. The third-order valence-corrected chi connectivity index (χ3v) is 2.65. The fourth-order valence-electron chi connectivity index (χ4n) is 1.29. The van der Waals surface area contributed by atoms with E-state index in [2.05, 4.69) is 31.2 Å². The number of nitrogens with one attached hydrogen (secondary N) is 1. The van der Waals surface area contributed by atoms with Crippen molar-refractivity contribution in [3.8, 4) is 0 Å². The van der Waals surface area contributed by atoms with Gasteiger partial charge in [-0.05, 0) is 43.0 Å². The molecule has 0 aromatic carbocycles. The van der Waals surface area contributed by atoms with Gasteiger partial charge in [0, 0.05) is 19.8 Å². The molecule has 0 saturated carbocycles. The normalized spacial score (nSPS) is 10.8. The molecule has 1 N–H and O–H groups in total. The minimum Gasteiger partial charge on any atom is -0.351 e. The third-order valence-electron chi connectivity index (χ3n) is 2.07. The van der Waals surface area contributed by atoms with Crippen LogP contribution in [-0.2, 0) is 7.05 Å². The molecule has 1 amide bonds. The summed E-state index contributed by atoms with van der Waals surface area (Å²) in [5.74, 6) is -0.133. The maximum atomic E-state index is 11.7. The number of rotatable bonds is 5. The van der Waals surface area contributed by atoms with Crippen molar-refractivity contribution in [3.05, 3.63) is 16.4 Å². The Morgan fingerprint density at radius 2 is 2.31 bits per heavy atom. The van der Waals surface area contributed by atoms with Gasteiger partial charge in [-0.2, -0.15) is 5.10 Å². The van der Waals surface area contributed by atoms with Crippen molar-refractivity contribution >= 4 is 21.8 Å². The lowest BCUT2D eigenvalue weighted by Gasteiger charge is -2.09. The van der Waals surface area contributed by atoms with Gasteiger partial charge in [-0.1, -0.05) is 0 Å². The van der Waals surface area contributed by atoms with E-state index in [0.717, 1.165) is 17.4 Å². The van der Waals surface area contributed by atoms with E-state index in [4.69, 9.17) is 0 Å². The Morgan fingerprint density at radius 1 is 1.62 bits per heavy atom. The van der Waals surface area contributed by atoms with Crippen molar-refractivity contribution < 1.29 is 4.79 Å². The second kappa shape index (κ2) is 6.00. The Labute approximate surface area is 104 Å². The number of carbonyl (C=O) groups excluding carboxylic acids is 1. The van der Waals surface area contributed by atoms with E-state index in [1.165, 1.54) is 0 Å². The molecule has 0 spiro atoms. The van der Waals surface area contributed by atoms with Crippen molar-refractivity contribution in [2.75, 3.05) is 27.2 Å².